The molecule has 2 fully saturated rings. The molecule has 1 aromatic carbocycles. The lowest BCUT2D eigenvalue weighted by molar-refractivity contribution is -0.0509. The number of rotatable bonds is 6. The summed E-state index contributed by atoms with van der Waals surface area (Å²) >= 11 is 0. The molecule has 0 spiro atoms. The van der Waals surface area contributed by atoms with Gasteiger partial charge in [0.25, 0.3) is 0 Å². The van der Waals surface area contributed by atoms with Crippen LogP contribution in [0, 0.1) is 0 Å². The molecule has 0 aromatic heterocycles. The lowest BCUT2D eigenvalue weighted by atomic mass is 9.90. The molecule has 2 heterocycles. The van der Waals surface area contributed by atoms with E-state index in [1.165, 1.54) is 12.8 Å². The fourth-order valence-electron chi connectivity index (χ4n) is 3.74. The Kier molecular flexibility index (Phi) is 5.57. The molecule has 0 saturated carbocycles. The van der Waals surface area contributed by atoms with Gasteiger partial charge in [0, 0.05) is 25.7 Å². The van der Waals surface area contributed by atoms with Crippen LogP contribution in [0.25, 0.3) is 0 Å². The number of piperidine rings is 1. The molecule has 1 aromatic rings. The fraction of sp³-hybridized carbons (Fsp3) is 0.684. The Morgan fingerprint density at radius 2 is 1.74 bits per heavy atom. The van der Waals surface area contributed by atoms with Crippen LogP contribution in [0.3, 0.4) is 0 Å². The molecule has 0 bridgehead atoms. The normalized spacial score (nSPS) is 23.7. The van der Waals surface area contributed by atoms with Gasteiger partial charge in [-0.25, -0.2) is 0 Å². The predicted molar refractivity (Wildman–Crippen MR) is 92.8 cm³/mol. The molecule has 1 N–H and O–H groups in total. The summed E-state index contributed by atoms with van der Waals surface area (Å²) in [5.41, 5.74) is -0.485. The van der Waals surface area contributed by atoms with Crippen molar-refractivity contribution in [2.45, 2.75) is 44.2 Å². The van der Waals surface area contributed by atoms with Crippen LogP contribution in [0.5, 0.6) is 5.75 Å². The highest BCUT2D eigenvalue weighted by molar-refractivity contribution is 5.20. The lowest BCUT2D eigenvalue weighted by Crippen LogP contribution is -2.53. The van der Waals surface area contributed by atoms with E-state index in [9.17, 15) is 5.11 Å². The first-order valence-corrected chi connectivity index (χ1v) is 9.01. The number of hydrogen-bond acceptors (Lipinski definition) is 4. The van der Waals surface area contributed by atoms with Crippen molar-refractivity contribution in [1.82, 2.24) is 9.80 Å². The van der Waals surface area contributed by atoms with E-state index in [4.69, 9.17) is 4.74 Å². The molecule has 23 heavy (non-hydrogen) atoms. The predicted octanol–water partition coefficient (Wildman–Crippen LogP) is 2.38. The standard InChI is InChI=1S/C19H30N2O2/c1-17(15-23-18-7-3-2-4-8-18)21-13-9-19(22,10-14-21)16-20-11-5-6-12-20/h2-4,7-8,17,22H,5-6,9-16H2,1H3/t17-/m0/s1. The van der Waals surface area contributed by atoms with Gasteiger partial charge in [-0.1, -0.05) is 18.2 Å². The maximum absolute atomic E-state index is 10.8. The summed E-state index contributed by atoms with van der Waals surface area (Å²) in [6, 6.07) is 10.4. The molecule has 2 aliphatic rings. The molecule has 1 atom stereocenters. The van der Waals surface area contributed by atoms with Gasteiger partial charge >= 0.3 is 0 Å². The molecular weight excluding hydrogens is 288 g/mol. The van der Waals surface area contributed by atoms with Crippen LogP contribution in [0.2, 0.25) is 0 Å². The van der Waals surface area contributed by atoms with Crippen molar-refractivity contribution in [2.24, 2.45) is 0 Å². The summed E-state index contributed by atoms with van der Waals surface area (Å²) in [6.07, 6.45) is 4.32. The number of para-hydroxylation sites is 1. The average Bonchev–Trinajstić information content (AvgIpc) is 3.06. The Morgan fingerprint density at radius 3 is 2.39 bits per heavy atom. The smallest absolute Gasteiger partial charge is 0.119 e. The van der Waals surface area contributed by atoms with E-state index in [0.717, 1.165) is 51.3 Å². The first-order valence-electron chi connectivity index (χ1n) is 9.01. The van der Waals surface area contributed by atoms with Crippen molar-refractivity contribution in [3.05, 3.63) is 30.3 Å². The van der Waals surface area contributed by atoms with E-state index in [2.05, 4.69) is 16.7 Å². The van der Waals surface area contributed by atoms with Crippen LogP contribution in [0.1, 0.15) is 32.6 Å². The van der Waals surface area contributed by atoms with Crippen molar-refractivity contribution in [1.29, 1.82) is 0 Å². The number of likely N-dealkylation sites (tertiary alicyclic amines) is 2. The zero-order chi connectivity index (χ0) is 16.1. The van der Waals surface area contributed by atoms with E-state index >= 15 is 0 Å². The van der Waals surface area contributed by atoms with E-state index in [-0.39, 0.29) is 0 Å². The highest BCUT2D eigenvalue weighted by atomic mass is 16.5. The summed E-state index contributed by atoms with van der Waals surface area (Å²) in [6.45, 7) is 8.02. The van der Waals surface area contributed by atoms with Crippen LogP contribution in [0.15, 0.2) is 30.3 Å². The molecule has 128 valence electrons. The van der Waals surface area contributed by atoms with Crippen LogP contribution in [-0.4, -0.2) is 65.9 Å². The highest BCUT2D eigenvalue weighted by Gasteiger charge is 2.35. The SMILES string of the molecule is C[C@@H](COc1ccccc1)N1CCC(O)(CN2CCCC2)CC1. The van der Waals surface area contributed by atoms with E-state index < -0.39 is 5.60 Å². The average molecular weight is 318 g/mol. The largest absolute Gasteiger partial charge is 0.492 e. The van der Waals surface area contributed by atoms with Crippen molar-refractivity contribution in [3.8, 4) is 5.75 Å². The van der Waals surface area contributed by atoms with Gasteiger partial charge in [-0.05, 0) is 57.8 Å². The Balaban J connectivity index is 1.42. The molecule has 0 radical (unpaired) electrons. The minimum absolute atomic E-state index is 0.381. The number of ether oxygens (including phenoxy) is 1. The summed E-state index contributed by atoms with van der Waals surface area (Å²) in [5.74, 6) is 0.932. The molecule has 0 aliphatic carbocycles. The number of nitrogens with zero attached hydrogens (tertiary/aromatic N) is 2. The minimum Gasteiger partial charge on any atom is -0.492 e. The Bertz CT molecular complexity index is 466. The zero-order valence-corrected chi connectivity index (χ0v) is 14.3. The van der Waals surface area contributed by atoms with E-state index in [1.54, 1.807) is 0 Å². The minimum atomic E-state index is -0.485. The summed E-state index contributed by atoms with van der Waals surface area (Å²) in [4.78, 5) is 4.87. The fourth-order valence-corrected chi connectivity index (χ4v) is 3.74. The van der Waals surface area contributed by atoms with Gasteiger partial charge in [0.15, 0.2) is 0 Å². The van der Waals surface area contributed by atoms with Crippen molar-refractivity contribution in [2.75, 3.05) is 39.3 Å². The van der Waals surface area contributed by atoms with Gasteiger partial charge in [-0.15, -0.1) is 0 Å². The quantitative estimate of drug-likeness (QED) is 0.873. The number of β-amino-alcohol motifs (C(OH)–C–C–N with tert-alkyl or cyclic N) is 1. The van der Waals surface area contributed by atoms with Gasteiger partial charge < -0.3 is 14.7 Å². The lowest BCUT2D eigenvalue weighted by Gasteiger charge is -2.42. The van der Waals surface area contributed by atoms with Gasteiger partial charge in [-0.2, -0.15) is 0 Å². The van der Waals surface area contributed by atoms with Crippen molar-refractivity contribution < 1.29 is 9.84 Å². The Labute approximate surface area is 140 Å². The molecule has 0 amide bonds. The Morgan fingerprint density at radius 1 is 1.09 bits per heavy atom. The molecule has 0 unspecified atom stereocenters. The molecule has 4 heteroatoms. The number of hydrogen-bond donors (Lipinski definition) is 1. The first-order chi connectivity index (χ1) is 11.1. The van der Waals surface area contributed by atoms with Crippen molar-refractivity contribution >= 4 is 0 Å². The van der Waals surface area contributed by atoms with Gasteiger partial charge in [-0.3, -0.25) is 4.90 Å². The third-order valence-electron chi connectivity index (χ3n) is 5.30. The van der Waals surface area contributed by atoms with Crippen molar-refractivity contribution in [3.63, 3.8) is 0 Å². The van der Waals surface area contributed by atoms with E-state index in [1.807, 2.05) is 30.3 Å². The maximum atomic E-state index is 10.8. The second-order valence-electron chi connectivity index (χ2n) is 7.22. The molecular formula is C19H30N2O2. The second kappa shape index (κ2) is 7.65. The zero-order valence-electron chi connectivity index (χ0n) is 14.3. The monoisotopic (exact) mass is 318 g/mol. The molecule has 2 aliphatic heterocycles. The van der Waals surface area contributed by atoms with Crippen LogP contribution in [-0.2, 0) is 0 Å². The van der Waals surface area contributed by atoms with Gasteiger partial charge in [0.1, 0.15) is 12.4 Å². The molecule has 2 saturated heterocycles. The van der Waals surface area contributed by atoms with Crippen LogP contribution < -0.4 is 4.74 Å². The van der Waals surface area contributed by atoms with Crippen LogP contribution >= 0.6 is 0 Å². The summed E-state index contributed by atoms with van der Waals surface area (Å²) in [7, 11) is 0. The van der Waals surface area contributed by atoms with Gasteiger partial charge in [0.2, 0.25) is 0 Å². The summed E-state index contributed by atoms with van der Waals surface area (Å²) in [5, 5.41) is 10.8. The number of aliphatic hydroxyl groups is 1. The van der Waals surface area contributed by atoms with Gasteiger partial charge in [0.05, 0.1) is 5.60 Å². The Hall–Kier alpha value is -1.10. The van der Waals surface area contributed by atoms with Crippen LogP contribution in [0.4, 0.5) is 0 Å². The molecule has 4 nitrogen and oxygen atoms in total. The first kappa shape index (κ1) is 16.7. The second-order valence-corrected chi connectivity index (χ2v) is 7.22. The third kappa shape index (κ3) is 4.69. The topological polar surface area (TPSA) is 35.9 Å². The number of benzene rings is 1. The third-order valence-corrected chi connectivity index (χ3v) is 5.30. The highest BCUT2D eigenvalue weighted by Crippen LogP contribution is 2.26. The molecule has 3 rings (SSSR count). The summed E-state index contributed by atoms with van der Waals surface area (Å²) < 4.78 is 5.87. The maximum Gasteiger partial charge on any atom is 0.119 e. The van der Waals surface area contributed by atoms with E-state index in [0.29, 0.717) is 12.6 Å².